The number of aliphatic hydroxyl groups is 1. The second kappa shape index (κ2) is 4.85. The monoisotopic (exact) mass is 251 g/mol. The minimum absolute atomic E-state index is 0.119. The number of hydrogen-bond donors (Lipinski definition) is 1. The van der Waals surface area contributed by atoms with Crippen LogP contribution in [0, 0.1) is 0 Å². The van der Waals surface area contributed by atoms with Gasteiger partial charge in [0, 0.05) is 16.6 Å². The summed E-state index contributed by atoms with van der Waals surface area (Å²) in [5.41, 5.74) is 0.901. The van der Waals surface area contributed by atoms with Crippen LogP contribution in [0.5, 0.6) is 0 Å². The second-order valence-electron chi connectivity index (χ2n) is 4.07. The van der Waals surface area contributed by atoms with Gasteiger partial charge in [0.2, 0.25) is 0 Å². The molecule has 90 valence electrons. The molecular weight excluding hydrogens is 238 g/mol. The van der Waals surface area contributed by atoms with Crippen molar-refractivity contribution >= 4 is 11.6 Å². The highest BCUT2D eigenvalue weighted by molar-refractivity contribution is 6.30. The van der Waals surface area contributed by atoms with Gasteiger partial charge in [-0.3, -0.25) is 0 Å². The fourth-order valence-electron chi connectivity index (χ4n) is 1.80. The van der Waals surface area contributed by atoms with Gasteiger partial charge in [-0.1, -0.05) is 23.7 Å². The number of aromatic nitrogens is 3. The molecule has 1 N–H and O–H groups in total. The average molecular weight is 252 g/mol. The van der Waals surface area contributed by atoms with Crippen molar-refractivity contribution in [1.82, 2.24) is 14.8 Å². The summed E-state index contributed by atoms with van der Waals surface area (Å²) in [6, 6.07) is 7.63. The Morgan fingerprint density at radius 2 is 2.12 bits per heavy atom. The molecule has 0 radical (unpaired) electrons. The normalized spacial score (nSPS) is 11.1. The van der Waals surface area contributed by atoms with E-state index in [1.165, 1.54) is 0 Å². The SMILES string of the molecule is CC(C)n1c(CO)nnc1-c1cccc(Cl)c1. The smallest absolute Gasteiger partial charge is 0.164 e. The summed E-state index contributed by atoms with van der Waals surface area (Å²) in [6.45, 7) is 3.93. The number of benzene rings is 1. The second-order valence-corrected chi connectivity index (χ2v) is 4.51. The summed E-state index contributed by atoms with van der Waals surface area (Å²) >= 11 is 5.96. The summed E-state index contributed by atoms with van der Waals surface area (Å²) in [6.07, 6.45) is 0. The highest BCUT2D eigenvalue weighted by Crippen LogP contribution is 2.24. The summed E-state index contributed by atoms with van der Waals surface area (Å²) in [4.78, 5) is 0. The molecule has 0 fully saturated rings. The van der Waals surface area contributed by atoms with Crippen molar-refractivity contribution in [3.05, 3.63) is 35.1 Å². The Bertz CT molecular complexity index is 522. The summed E-state index contributed by atoms with van der Waals surface area (Å²) in [7, 11) is 0. The molecule has 0 bridgehead atoms. The van der Waals surface area contributed by atoms with Crippen LogP contribution >= 0.6 is 11.6 Å². The molecule has 0 amide bonds. The predicted molar refractivity (Wildman–Crippen MR) is 66.8 cm³/mol. The minimum atomic E-state index is -0.119. The van der Waals surface area contributed by atoms with Crippen LogP contribution in [-0.4, -0.2) is 19.9 Å². The molecule has 0 aliphatic carbocycles. The molecule has 0 aliphatic heterocycles. The van der Waals surface area contributed by atoms with Crippen molar-refractivity contribution in [3.63, 3.8) is 0 Å². The third-order valence-electron chi connectivity index (χ3n) is 2.51. The number of aliphatic hydroxyl groups excluding tert-OH is 1. The molecule has 2 rings (SSSR count). The van der Waals surface area contributed by atoms with Gasteiger partial charge in [-0.25, -0.2) is 0 Å². The first kappa shape index (κ1) is 12.1. The van der Waals surface area contributed by atoms with Gasteiger partial charge in [0.15, 0.2) is 11.6 Å². The van der Waals surface area contributed by atoms with E-state index in [0.29, 0.717) is 10.8 Å². The molecule has 0 saturated heterocycles. The Morgan fingerprint density at radius 3 is 2.71 bits per heavy atom. The highest BCUT2D eigenvalue weighted by Gasteiger charge is 2.15. The molecule has 5 heteroatoms. The lowest BCUT2D eigenvalue weighted by molar-refractivity contribution is 0.262. The maximum absolute atomic E-state index is 9.23. The zero-order chi connectivity index (χ0) is 12.4. The van der Waals surface area contributed by atoms with Crippen LogP contribution < -0.4 is 0 Å². The van der Waals surface area contributed by atoms with E-state index in [-0.39, 0.29) is 12.6 Å². The maximum Gasteiger partial charge on any atom is 0.164 e. The van der Waals surface area contributed by atoms with Crippen molar-refractivity contribution < 1.29 is 5.11 Å². The third-order valence-corrected chi connectivity index (χ3v) is 2.74. The number of rotatable bonds is 3. The van der Waals surface area contributed by atoms with Gasteiger partial charge in [-0.05, 0) is 26.0 Å². The Morgan fingerprint density at radius 1 is 1.35 bits per heavy atom. The topological polar surface area (TPSA) is 50.9 Å². The zero-order valence-corrected chi connectivity index (χ0v) is 10.5. The van der Waals surface area contributed by atoms with E-state index < -0.39 is 0 Å². The van der Waals surface area contributed by atoms with Gasteiger partial charge in [0.1, 0.15) is 6.61 Å². The molecule has 0 saturated carbocycles. The van der Waals surface area contributed by atoms with Crippen LogP contribution in [0.2, 0.25) is 5.02 Å². The van der Waals surface area contributed by atoms with E-state index >= 15 is 0 Å². The van der Waals surface area contributed by atoms with Crippen LogP contribution in [0.25, 0.3) is 11.4 Å². The maximum atomic E-state index is 9.23. The fraction of sp³-hybridized carbons (Fsp3) is 0.333. The van der Waals surface area contributed by atoms with Crippen LogP contribution in [-0.2, 0) is 6.61 Å². The molecule has 0 spiro atoms. The summed E-state index contributed by atoms with van der Waals surface area (Å²) in [5.74, 6) is 1.29. The van der Waals surface area contributed by atoms with Crippen LogP contribution in [0.4, 0.5) is 0 Å². The van der Waals surface area contributed by atoms with Gasteiger partial charge in [0.25, 0.3) is 0 Å². The molecule has 1 heterocycles. The van der Waals surface area contributed by atoms with Gasteiger partial charge >= 0.3 is 0 Å². The van der Waals surface area contributed by atoms with Crippen molar-refractivity contribution in [2.75, 3.05) is 0 Å². The standard InChI is InChI=1S/C12H14ClN3O/c1-8(2)16-11(7-17)14-15-12(16)9-4-3-5-10(13)6-9/h3-6,8,17H,7H2,1-2H3. The Hall–Kier alpha value is -1.39. The molecule has 17 heavy (non-hydrogen) atoms. The number of nitrogens with zero attached hydrogens (tertiary/aromatic N) is 3. The Labute approximate surface area is 105 Å². The van der Waals surface area contributed by atoms with E-state index in [1.54, 1.807) is 0 Å². The lowest BCUT2D eigenvalue weighted by Crippen LogP contribution is -2.08. The third kappa shape index (κ3) is 2.33. The van der Waals surface area contributed by atoms with Gasteiger partial charge in [0.05, 0.1) is 0 Å². The Kier molecular flexibility index (Phi) is 3.45. The first-order valence-corrected chi connectivity index (χ1v) is 5.82. The van der Waals surface area contributed by atoms with Crippen LogP contribution in [0.3, 0.4) is 0 Å². The zero-order valence-electron chi connectivity index (χ0n) is 9.76. The van der Waals surface area contributed by atoms with Crippen molar-refractivity contribution in [3.8, 4) is 11.4 Å². The number of hydrogen-bond acceptors (Lipinski definition) is 3. The molecule has 0 unspecified atom stereocenters. The van der Waals surface area contributed by atoms with Crippen molar-refractivity contribution in [2.45, 2.75) is 26.5 Å². The van der Waals surface area contributed by atoms with E-state index in [0.717, 1.165) is 11.4 Å². The number of halogens is 1. The van der Waals surface area contributed by atoms with Crippen LogP contribution in [0.1, 0.15) is 25.7 Å². The largest absolute Gasteiger partial charge is 0.388 e. The molecule has 0 aliphatic rings. The molecule has 4 nitrogen and oxygen atoms in total. The van der Waals surface area contributed by atoms with Gasteiger partial charge in [-0.15, -0.1) is 10.2 Å². The molecule has 1 aromatic heterocycles. The molecule has 2 aromatic rings. The Balaban J connectivity index is 2.56. The first-order chi connectivity index (χ1) is 8.13. The minimum Gasteiger partial charge on any atom is -0.388 e. The van der Waals surface area contributed by atoms with E-state index in [2.05, 4.69) is 10.2 Å². The quantitative estimate of drug-likeness (QED) is 0.913. The summed E-state index contributed by atoms with van der Waals surface area (Å²) in [5, 5.41) is 18.0. The summed E-state index contributed by atoms with van der Waals surface area (Å²) < 4.78 is 1.91. The van der Waals surface area contributed by atoms with Crippen molar-refractivity contribution in [2.24, 2.45) is 0 Å². The molecule has 1 aromatic carbocycles. The lowest BCUT2D eigenvalue weighted by atomic mass is 10.2. The van der Waals surface area contributed by atoms with E-state index in [1.807, 2.05) is 42.7 Å². The highest BCUT2D eigenvalue weighted by atomic mass is 35.5. The van der Waals surface area contributed by atoms with Gasteiger partial charge < -0.3 is 9.67 Å². The van der Waals surface area contributed by atoms with Crippen LogP contribution in [0.15, 0.2) is 24.3 Å². The van der Waals surface area contributed by atoms with E-state index in [4.69, 9.17) is 11.6 Å². The predicted octanol–water partition coefficient (Wildman–Crippen LogP) is 2.67. The fourth-order valence-corrected chi connectivity index (χ4v) is 1.99. The van der Waals surface area contributed by atoms with E-state index in [9.17, 15) is 5.11 Å². The van der Waals surface area contributed by atoms with Gasteiger partial charge in [-0.2, -0.15) is 0 Å². The lowest BCUT2D eigenvalue weighted by Gasteiger charge is -2.13. The first-order valence-electron chi connectivity index (χ1n) is 5.44. The average Bonchev–Trinajstić information content (AvgIpc) is 2.72. The molecular formula is C12H14ClN3O. The molecule has 0 atom stereocenters. The van der Waals surface area contributed by atoms with Crippen molar-refractivity contribution in [1.29, 1.82) is 0 Å².